The number of hydrogen-bond acceptors (Lipinski definition) is 2. The molecule has 1 aromatic rings. The van der Waals surface area contributed by atoms with Crippen molar-refractivity contribution in [2.75, 3.05) is 13.1 Å². The number of nitrogens with zero attached hydrogens (tertiary/aromatic N) is 1. The van der Waals surface area contributed by atoms with Gasteiger partial charge in [-0.1, -0.05) is 22.0 Å². The van der Waals surface area contributed by atoms with E-state index >= 15 is 0 Å². The number of likely N-dealkylation sites (tertiary alicyclic amines) is 1. The molecule has 0 aromatic heterocycles. The van der Waals surface area contributed by atoms with Crippen LogP contribution in [0.1, 0.15) is 31.2 Å². The van der Waals surface area contributed by atoms with Crippen molar-refractivity contribution in [1.29, 1.82) is 0 Å². The molecule has 1 N–H and O–H groups in total. The minimum Gasteiger partial charge on any atom is -0.312 e. The van der Waals surface area contributed by atoms with Crippen LogP contribution in [0.5, 0.6) is 0 Å². The van der Waals surface area contributed by atoms with Gasteiger partial charge in [0.2, 0.25) is 0 Å². The predicted molar refractivity (Wildman–Crippen MR) is 78.6 cm³/mol. The Kier molecular flexibility index (Phi) is 4.20. The van der Waals surface area contributed by atoms with Crippen molar-refractivity contribution in [2.24, 2.45) is 0 Å². The van der Waals surface area contributed by atoms with E-state index in [1.807, 2.05) is 12.1 Å². The molecule has 1 aromatic carbocycles. The Balaban J connectivity index is 1.70. The molecule has 0 bridgehead atoms. The zero-order valence-electron chi connectivity index (χ0n) is 11.0. The molecule has 0 spiro atoms. The normalized spacial score (nSPS) is 28.1. The molecule has 2 aliphatic rings. The van der Waals surface area contributed by atoms with Crippen molar-refractivity contribution in [3.63, 3.8) is 0 Å². The lowest BCUT2D eigenvalue weighted by Crippen LogP contribution is -2.43. The molecule has 0 amide bonds. The van der Waals surface area contributed by atoms with Crippen LogP contribution in [0.4, 0.5) is 4.39 Å². The molecule has 2 heterocycles. The molecule has 0 radical (unpaired) electrons. The van der Waals surface area contributed by atoms with Gasteiger partial charge >= 0.3 is 0 Å². The highest BCUT2D eigenvalue weighted by molar-refractivity contribution is 9.10. The van der Waals surface area contributed by atoms with Gasteiger partial charge in [-0.15, -0.1) is 0 Å². The van der Waals surface area contributed by atoms with Crippen LogP contribution in [0.3, 0.4) is 0 Å². The molecule has 2 fully saturated rings. The van der Waals surface area contributed by atoms with Crippen LogP contribution >= 0.6 is 15.9 Å². The van der Waals surface area contributed by atoms with E-state index in [4.69, 9.17) is 0 Å². The van der Waals surface area contributed by atoms with Crippen molar-refractivity contribution < 1.29 is 4.39 Å². The van der Waals surface area contributed by atoms with E-state index in [2.05, 4.69) is 26.1 Å². The Morgan fingerprint density at radius 3 is 2.95 bits per heavy atom. The molecule has 2 saturated heterocycles. The second-order valence-electron chi connectivity index (χ2n) is 5.62. The third-order valence-corrected chi connectivity index (χ3v) is 4.86. The number of benzene rings is 1. The average molecular weight is 327 g/mol. The van der Waals surface area contributed by atoms with E-state index in [-0.39, 0.29) is 5.82 Å². The molecule has 2 nitrogen and oxygen atoms in total. The lowest BCUT2D eigenvalue weighted by atomic mass is 10.0. The summed E-state index contributed by atoms with van der Waals surface area (Å²) in [4.78, 5) is 2.45. The van der Waals surface area contributed by atoms with Gasteiger partial charge in [0.1, 0.15) is 5.82 Å². The second kappa shape index (κ2) is 5.90. The maximum Gasteiger partial charge on any atom is 0.128 e. The highest BCUT2D eigenvalue weighted by Gasteiger charge is 2.33. The van der Waals surface area contributed by atoms with Crippen LogP contribution in [0.25, 0.3) is 0 Å². The molecule has 2 aliphatic heterocycles. The Morgan fingerprint density at radius 1 is 1.32 bits per heavy atom. The van der Waals surface area contributed by atoms with E-state index in [9.17, 15) is 4.39 Å². The summed E-state index contributed by atoms with van der Waals surface area (Å²) in [6, 6.07) is 6.59. The van der Waals surface area contributed by atoms with Crippen molar-refractivity contribution in [3.05, 3.63) is 34.1 Å². The quantitative estimate of drug-likeness (QED) is 0.916. The van der Waals surface area contributed by atoms with Crippen molar-refractivity contribution >= 4 is 15.9 Å². The first-order valence-electron chi connectivity index (χ1n) is 7.15. The predicted octanol–water partition coefficient (Wildman–Crippen LogP) is 3.30. The summed E-state index contributed by atoms with van der Waals surface area (Å²) in [5, 5.41) is 3.60. The van der Waals surface area contributed by atoms with E-state index in [0.717, 1.165) is 29.7 Å². The van der Waals surface area contributed by atoms with Gasteiger partial charge in [0, 0.05) is 28.7 Å². The van der Waals surface area contributed by atoms with Crippen LogP contribution in [0.15, 0.2) is 22.7 Å². The molecule has 2 unspecified atom stereocenters. The largest absolute Gasteiger partial charge is 0.312 e. The van der Waals surface area contributed by atoms with Gasteiger partial charge in [0.05, 0.1) is 0 Å². The lowest BCUT2D eigenvalue weighted by molar-refractivity contribution is 0.204. The summed E-state index contributed by atoms with van der Waals surface area (Å²) in [5.74, 6) is -0.0978. The monoisotopic (exact) mass is 326 g/mol. The zero-order chi connectivity index (χ0) is 13.2. The lowest BCUT2D eigenvalue weighted by Gasteiger charge is -2.29. The standard InChI is InChI=1S/C15H20BrFN2/c16-12-6-5-11(13(17)9-12)10-19-8-2-4-15(19)14-3-1-7-18-14/h5-6,9,14-15,18H,1-4,7-8,10H2. The highest BCUT2D eigenvalue weighted by atomic mass is 79.9. The van der Waals surface area contributed by atoms with Gasteiger partial charge in [0.25, 0.3) is 0 Å². The molecule has 3 rings (SSSR count). The summed E-state index contributed by atoms with van der Waals surface area (Å²) in [6.07, 6.45) is 5.03. The van der Waals surface area contributed by atoms with E-state index in [1.54, 1.807) is 6.07 Å². The van der Waals surface area contributed by atoms with Crippen molar-refractivity contribution in [2.45, 2.75) is 44.3 Å². The fourth-order valence-electron chi connectivity index (χ4n) is 3.41. The van der Waals surface area contributed by atoms with Gasteiger partial charge in [-0.05, 0) is 50.9 Å². The summed E-state index contributed by atoms with van der Waals surface area (Å²) in [5.41, 5.74) is 0.813. The number of hydrogen-bond donors (Lipinski definition) is 1. The summed E-state index contributed by atoms with van der Waals surface area (Å²) < 4.78 is 14.7. The van der Waals surface area contributed by atoms with Gasteiger partial charge in [-0.2, -0.15) is 0 Å². The Bertz CT molecular complexity index is 446. The number of rotatable bonds is 3. The first-order valence-corrected chi connectivity index (χ1v) is 7.95. The minimum atomic E-state index is -0.0978. The molecular weight excluding hydrogens is 307 g/mol. The molecule has 19 heavy (non-hydrogen) atoms. The fraction of sp³-hybridized carbons (Fsp3) is 0.600. The van der Waals surface area contributed by atoms with E-state index < -0.39 is 0 Å². The SMILES string of the molecule is Fc1cc(Br)ccc1CN1CCCC1C1CCCN1. The van der Waals surface area contributed by atoms with Crippen LogP contribution in [0.2, 0.25) is 0 Å². The van der Waals surface area contributed by atoms with Gasteiger partial charge in [-0.25, -0.2) is 4.39 Å². The fourth-order valence-corrected chi connectivity index (χ4v) is 3.75. The maximum absolute atomic E-state index is 13.9. The van der Waals surface area contributed by atoms with Crippen LogP contribution in [0, 0.1) is 5.82 Å². The molecule has 2 atom stereocenters. The second-order valence-corrected chi connectivity index (χ2v) is 6.53. The zero-order valence-corrected chi connectivity index (χ0v) is 12.6. The number of halogens is 2. The first kappa shape index (κ1) is 13.5. The number of nitrogens with one attached hydrogen (secondary N) is 1. The summed E-state index contributed by atoms with van der Waals surface area (Å²) >= 11 is 3.31. The van der Waals surface area contributed by atoms with Crippen molar-refractivity contribution in [1.82, 2.24) is 10.2 Å². The third-order valence-electron chi connectivity index (χ3n) is 4.37. The molecule has 0 aliphatic carbocycles. The van der Waals surface area contributed by atoms with Crippen LogP contribution in [-0.4, -0.2) is 30.1 Å². The molecular formula is C15H20BrFN2. The average Bonchev–Trinajstić information content (AvgIpc) is 3.03. The Morgan fingerprint density at radius 2 is 2.21 bits per heavy atom. The van der Waals surface area contributed by atoms with Crippen molar-refractivity contribution in [3.8, 4) is 0 Å². The molecule has 4 heteroatoms. The van der Waals surface area contributed by atoms with Crippen LogP contribution < -0.4 is 5.32 Å². The molecule has 104 valence electrons. The van der Waals surface area contributed by atoms with Gasteiger partial charge in [0.15, 0.2) is 0 Å². The summed E-state index contributed by atoms with van der Waals surface area (Å²) in [6.45, 7) is 2.97. The van der Waals surface area contributed by atoms with Crippen LogP contribution in [-0.2, 0) is 6.54 Å². The maximum atomic E-state index is 13.9. The van der Waals surface area contributed by atoms with E-state index in [1.165, 1.54) is 25.7 Å². The summed E-state index contributed by atoms with van der Waals surface area (Å²) in [7, 11) is 0. The molecule has 0 saturated carbocycles. The van der Waals surface area contributed by atoms with E-state index in [0.29, 0.717) is 12.1 Å². The van der Waals surface area contributed by atoms with Gasteiger partial charge < -0.3 is 5.32 Å². The topological polar surface area (TPSA) is 15.3 Å². The highest BCUT2D eigenvalue weighted by Crippen LogP contribution is 2.27. The Labute approximate surface area is 122 Å². The Hall–Kier alpha value is -0.450. The van der Waals surface area contributed by atoms with Gasteiger partial charge in [-0.3, -0.25) is 4.90 Å². The third kappa shape index (κ3) is 3.01. The minimum absolute atomic E-state index is 0.0978. The smallest absolute Gasteiger partial charge is 0.128 e. The first-order chi connectivity index (χ1) is 9.24.